The molecule has 0 saturated carbocycles. The van der Waals surface area contributed by atoms with Crippen LogP contribution in [0.2, 0.25) is 0 Å². The highest BCUT2D eigenvalue weighted by molar-refractivity contribution is 5.87. The normalized spacial score (nSPS) is 11.5. The summed E-state index contributed by atoms with van der Waals surface area (Å²) in [6.45, 7) is 6.35. The van der Waals surface area contributed by atoms with Gasteiger partial charge in [0.1, 0.15) is 12.4 Å². The minimum absolute atomic E-state index is 0.325. The van der Waals surface area contributed by atoms with Crippen LogP contribution < -0.4 is 4.74 Å². The summed E-state index contributed by atoms with van der Waals surface area (Å²) in [6.07, 6.45) is 1.72. The smallest absolute Gasteiger partial charge is 0.333 e. The minimum atomic E-state index is -0.325. The van der Waals surface area contributed by atoms with Gasteiger partial charge in [0.2, 0.25) is 0 Å². The molecule has 98 valence electrons. The Morgan fingerprint density at radius 1 is 1.39 bits per heavy atom. The van der Waals surface area contributed by atoms with Crippen molar-refractivity contribution in [3.63, 3.8) is 0 Å². The minimum Gasteiger partial charge on any atom is -0.490 e. The van der Waals surface area contributed by atoms with Gasteiger partial charge in [-0.1, -0.05) is 26.0 Å². The number of benzene rings is 1. The molecule has 0 spiro atoms. The molecule has 0 aliphatic heterocycles. The van der Waals surface area contributed by atoms with Crippen molar-refractivity contribution in [3.05, 3.63) is 41.5 Å². The van der Waals surface area contributed by atoms with Gasteiger partial charge in [-0.2, -0.15) is 0 Å². The molecule has 3 heteroatoms. The predicted octanol–water partition coefficient (Wildman–Crippen LogP) is 3.31. The maximum Gasteiger partial charge on any atom is 0.333 e. The number of hydrogen-bond donors (Lipinski definition) is 0. The third kappa shape index (κ3) is 4.24. The van der Waals surface area contributed by atoms with Crippen LogP contribution in [0.25, 0.3) is 0 Å². The van der Waals surface area contributed by atoms with Crippen LogP contribution in [0.1, 0.15) is 32.3 Å². The van der Waals surface area contributed by atoms with Crippen LogP contribution in [0.15, 0.2) is 35.9 Å². The zero-order valence-electron chi connectivity index (χ0n) is 11.4. The maximum absolute atomic E-state index is 11.2. The first-order valence-corrected chi connectivity index (χ1v) is 6.02. The van der Waals surface area contributed by atoms with Crippen LogP contribution in [0.4, 0.5) is 0 Å². The van der Waals surface area contributed by atoms with E-state index in [1.165, 1.54) is 12.7 Å². The molecular formula is C15H20O3. The quantitative estimate of drug-likeness (QED) is 0.592. The van der Waals surface area contributed by atoms with Gasteiger partial charge in [0.25, 0.3) is 0 Å². The molecule has 0 aliphatic carbocycles. The number of methoxy groups -OCH3 is 1. The highest BCUT2D eigenvalue weighted by Gasteiger charge is 2.03. The first-order chi connectivity index (χ1) is 8.54. The van der Waals surface area contributed by atoms with Crippen LogP contribution in [-0.4, -0.2) is 19.7 Å². The van der Waals surface area contributed by atoms with E-state index >= 15 is 0 Å². The fourth-order valence-corrected chi connectivity index (χ4v) is 1.47. The Hall–Kier alpha value is -1.77. The van der Waals surface area contributed by atoms with Gasteiger partial charge in [0, 0.05) is 5.57 Å². The van der Waals surface area contributed by atoms with Gasteiger partial charge in [-0.3, -0.25) is 0 Å². The molecule has 0 unspecified atom stereocenters. The maximum atomic E-state index is 11.2. The second-order valence-corrected chi connectivity index (χ2v) is 4.42. The monoisotopic (exact) mass is 248 g/mol. The van der Waals surface area contributed by atoms with Crippen molar-refractivity contribution < 1.29 is 14.3 Å². The summed E-state index contributed by atoms with van der Waals surface area (Å²) in [5.41, 5.74) is 1.79. The van der Waals surface area contributed by atoms with Crippen molar-refractivity contribution in [3.8, 4) is 5.75 Å². The molecule has 18 heavy (non-hydrogen) atoms. The standard InChI is InChI=1S/C15H20O3/c1-11(2)13-6-5-7-14(10-13)18-9-8-12(3)15(16)17-4/h5-8,10-11H,9H2,1-4H3. The van der Waals surface area contributed by atoms with E-state index in [1.54, 1.807) is 13.0 Å². The van der Waals surface area contributed by atoms with Crippen LogP contribution in [-0.2, 0) is 9.53 Å². The average Bonchev–Trinajstić information content (AvgIpc) is 2.38. The molecule has 0 heterocycles. The van der Waals surface area contributed by atoms with Gasteiger partial charge >= 0.3 is 5.97 Å². The molecule has 1 aromatic carbocycles. The van der Waals surface area contributed by atoms with E-state index in [4.69, 9.17) is 4.74 Å². The summed E-state index contributed by atoms with van der Waals surface area (Å²) >= 11 is 0. The molecule has 0 N–H and O–H groups in total. The molecule has 0 saturated heterocycles. The Morgan fingerprint density at radius 3 is 2.72 bits per heavy atom. The predicted molar refractivity (Wildman–Crippen MR) is 71.8 cm³/mol. The van der Waals surface area contributed by atoms with Crippen molar-refractivity contribution in [2.75, 3.05) is 13.7 Å². The van der Waals surface area contributed by atoms with Crippen LogP contribution in [0.5, 0.6) is 5.75 Å². The van der Waals surface area contributed by atoms with Crippen LogP contribution >= 0.6 is 0 Å². The number of esters is 1. The van der Waals surface area contributed by atoms with Crippen LogP contribution in [0.3, 0.4) is 0 Å². The number of rotatable bonds is 5. The van der Waals surface area contributed by atoms with Gasteiger partial charge in [-0.05, 0) is 36.6 Å². The lowest BCUT2D eigenvalue weighted by Crippen LogP contribution is -2.04. The van der Waals surface area contributed by atoms with Crippen molar-refractivity contribution >= 4 is 5.97 Å². The topological polar surface area (TPSA) is 35.5 Å². The molecule has 0 aromatic heterocycles. The van der Waals surface area contributed by atoms with Crippen molar-refractivity contribution in [2.24, 2.45) is 0 Å². The SMILES string of the molecule is COC(=O)C(C)=CCOc1cccc(C(C)C)c1. The largest absolute Gasteiger partial charge is 0.490 e. The average molecular weight is 248 g/mol. The molecule has 1 aromatic rings. The van der Waals surface area contributed by atoms with Gasteiger partial charge < -0.3 is 9.47 Å². The third-order valence-corrected chi connectivity index (χ3v) is 2.67. The highest BCUT2D eigenvalue weighted by Crippen LogP contribution is 2.20. The van der Waals surface area contributed by atoms with Crippen molar-refractivity contribution in [1.82, 2.24) is 0 Å². The number of carbonyl (C=O) groups excluding carboxylic acids is 1. The molecule has 0 amide bonds. The van der Waals surface area contributed by atoms with E-state index in [9.17, 15) is 4.79 Å². The third-order valence-electron chi connectivity index (χ3n) is 2.67. The number of ether oxygens (including phenoxy) is 2. The molecular weight excluding hydrogens is 228 g/mol. The Labute approximate surface area is 108 Å². The van der Waals surface area contributed by atoms with E-state index < -0.39 is 0 Å². The fraction of sp³-hybridized carbons (Fsp3) is 0.400. The summed E-state index contributed by atoms with van der Waals surface area (Å²) in [4.78, 5) is 11.2. The second kappa shape index (κ2) is 6.84. The second-order valence-electron chi connectivity index (χ2n) is 4.42. The van der Waals surface area contributed by atoms with E-state index in [-0.39, 0.29) is 5.97 Å². The van der Waals surface area contributed by atoms with Crippen molar-refractivity contribution in [1.29, 1.82) is 0 Å². The summed E-state index contributed by atoms with van der Waals surface area (Å²) in [6, 6.07) is 7.98. The van der Waals surface area contributed by atoms with E-state index in [0.29, 0.717) is 18.1 Å². The molecule has 1 rings (SSSR count). The number of carbonyl (C=O) groups is 1. The summed E-state index contributed by atoms with van der Waals surface area (Å²) in [5.74, 6) is 0.963. The molecule has 0 aliphatic rings. The lowest BCUT2D eigenvalue weighted by Gasteiger charge is -2.08. The molecule has 0 radical (unpaired) electrons. The van der Waals surface area contributed by atoms with Gasteiger partial charge in [0.05, 0.1) is 7.11 Å². The molecule has 3 nitrogen and oxygen atoms in total. The van der Waals surface area contributed by atoms with E-state index in [1.807, 2.05) is 18.2 Å². The van der Waals surface area contributed by atoms with Gasteiger partial charge in [0.15, 0.2) is 0 Å². The Kier molecular flexibility index (Phi) is 5.43. The Balaban J connectivity index is 2.59. The zero-order valence-corrected chi connectivity index (χ0v) is 11.4. The fourth-order valence-electron chi connectivity index (χ4n) is 1.47. The first-order valence-electron chi connectivity index (χ1n) is 6.02. The zero-order chi connectivity index (χ0) is 13.5. The van der Waals surface area contributed by atoms with Gasteiger partial charge in [-0.15, -0.1) is 0 Å². The molecule has 0 atom stereocenters. The van der Waals surface area contributed by atoms with Crippen LogP contribution in [0, 0.1) is 0 Å². The first kappa shape index (κ1) is 14.3. The van der Waals surface area contributed by atoms with Crippen molar-refractivity contribution in [2.45, 2.75) is 26.7 Å². The summed E-state index contributed by atoms with van der Waals surface area (Å²) in [7, 11) is 1.37. The summed E-state index contributed by atoms with van der Waals surface area (Å²) in [5, 5.41) is 0. The van der Waals surface area contributed by atoms with E-state index in [2.05, 4.69) is 24.7 Å². The highest BCUT2D eigenvalue weighted by atomic mass is 16.5. The molecule has 0 fully saturated rings. The van der Waals surface area contributed by atoms with Gasteiger partial charge in [-0.25, -0.2) is 4.79 Å². The summed E-state index contributed by atoms with van der Waals surface area (Å²) < 4.78 is 10.2. The van der Waals surface area contributed by atoms with E-state index in [0.717, 1.165) is 5.75 Å². The Bertz CT molecular complexity index is 433. The Morgan fingerprint density at radius 2 is 2.11 bits per heavy atom. The molecule has 0 bridgehead atoms. The lowest BCUT2D eigenvalue weighted by atomic mass is 10.0. The lowest BCUT2D eigenvalue weighted by molar-refractivity contribution is -0.136. The number of hydrogen-bond acceptors (Lipinski definition) is 3.